The van der Waals surface area contributed by atoms with E-state index in [0.29, 0.717) is 45.6 Å². The zero-order valence-electron chi connectivity index (χ0n) is 14.6. The van der Waals surface area contributed by atoms with Crippen LogP contribution in [0.25, 0.3) is 0 Å². The van der Waals surface area contributed by atoms with E-state index in [0.717, 1.165) is 26.2 Å². The maximum absolute atomic E-state index is 11.6. The largest absolute Gasteiger partial charge is 0.359 e. The maximum Gasteiger partial charge on any atom is 0.221 e. The second-order valence-corrected chi connectivity index (χ2v) is 5.39. The van der Waals surface area contributed by atoms with Crippen LogP contribution in [0.5, 0.6) is 0 Å². The van der Waals surface area contributed by atoms with E-state index in [2.05, 4.69) is 20.4 Å². The molecule has 0 saturated heterocycles. The van der Waals surface area contributed by atoms with E-state index < -0.39 is 0 Å². The number of carbonyl (C=O) groups excluding carboxylic acids is 2. The summed E-state index contributed by atoms with van der Waals surface area (Å²) < 4.78 is 0. The molecule has 8 heteroatoms. The Balaban J connectivity index is 4.25. The van der Waals surface area contributed by atoms with Crippen molar-refractivity contribution in [2.24, 2.45) is 11.5 Å². The van der Waals surface area contributed by atoms with Crippen molar-refractivity contribution in [2.45, 2.75) is 19.8 Å². The smallest absolute Gasteiger partial charge is 0.221 e. The summed E-state index contributed by atoms with van der Waals surface area (Å²) in [6, 6.07) is 0. The van der Waals surface area contributed by atoms with Crippen molar-refractivity contribution in [1.29, 1.82) is 0 Å². The van der Waals surface area contributed by atoms with Crippen molar-refractivity contribution in [3.63, 3.8) is 0 Å². The number of carbonyl (C=O) groups is 2. The summed E-state index contributed by atoms with van der Waals surface area (Å²) >= 11 is 0. The average Bonchev–Trinajstić information content (AvgIpc) is 2.54. The molecule has 0 bridgehead atoms. The molecular formula is C15H34N6O2. The number of nitrogens with two attached hydrogens (primary N) is 2. The molecular weight excluding hydrogens is 296 g/mol. The molecule has 0 saturated carbocycles. The van der Waals surface area contributed by atoms with Gasteiger partial charge < -0.3 is 31.9 Å². The SMILES string of the molecule is CCNC(=O)CCN(CCN)CCN(CCN)CCC(=O)NC. The first-order valence-electron chi connectivity index (χ1n) is 8.39. The Labute approximate surface area is 139 Å². The van der Waals surface area contributed by atoms with Crippen LogP contribution < -0.4 is 22.1 Å². The second kappa shape index (κ2) is 14.4. The van der Waals surface area contributed by atoms with Gasteiger partial charge in [0.25, 0.3) is 0 Å². The van der Waals surface area contributed by atoms with Gasteiger partial charge in [-0.25, -0.2) is 0 Å². The molecule has 0 heterocycles. The Morgan fingerprint density at radius 2 is 1.30 bits per heavy atom. The normalized spacial score (nSPS) is 11.0. The molecule has 0 radical (unpaired) electrons. The van der Waals surface area contributed by atoms with Gasteiger partial charge >= 0.3 is 0 Å². The minimum atomic E-state index is 0.0297. The summed E-state index contributed by atoms with van der Waals surface area (Å²) in [5, 5.41) is 5.42. The van der Waals surface area contributed by atoms with Gasteiger partial charge in [-0.05, 0) is 6.92 Å². The summed E-state index contributed by atoms with van der Waals surface area (Å²) in [7, 11) is 1.64. The molecule has 6 N–H and O–H groups in total. The van der Waals surface area contributed by atoms with E-state index in [9.17, 15) is 9.59 Å². The van der Waals surface area contributed by atoms with Crippen LogP contribution in [0.2, 0.25) is 0 Å². The lowest BCUT2D eigenvalue weighted by Gasteiger charge is -2.27. The maximum atomic E-state index is 11.6. The summed E-state index contributed by atoms with van der Waals surface area (Å²) in [5.41, 5.74) is 11.3. The molecule has 0 unspecified atom stereocenters. The molecule has 0 spiro atoms. The van der Waals surface area contributed by atoms with Crippen molar-refractivity contribution < 1.29 is 9.59 Å². The third-order valence-electron chi connectivity index (χ3n) is 3.59. The number of nitrogens with one attached hydrogen (secondary N) is 2. The number of nitrogens with zero attached hydrogens (tertiary/aromatic N) is 2. The highest BCUT2D eigenvalue weighted by Crippen LogP contribution is 1.96. The van der Waals surface area contributed by atoms with Crippen LogP contribution in [0.1, 0.15) is 19.8 Å². The molecule has 2 amide bonds. The predicted octanol–water partition coefficient (Wildman–Crippen LogP) is -1.83. The van der Waals surface area contributed by atoms with Gasteiger partial charge in [-0.15, -0.1) is 0 Å². The van der Waals surface area contributed by atoms with Crippen LogP contribution in [-0.4, -0.2) is 87.6 Å². The van der Waals surface area contributed by atoms with Crippen molar-refractivity contribution in [1.82, 2.24) is 20.4 Å². The monoisotopic (exact) mass is 330 g/mol. The molecule has 0 atom stereocenters. The summed E-state index contributed by atoms with van der Waals surface area (Å²) in [4.78, 5) is 27.3. The summed E-state index contributed by atoms with van der Waals surface area (Å²) in [6.45, 7) is 8.18. The zero-order valence-corrected chi connectivity index (χ0v) is 14.6. The Hall–Kier alpha value is -1.22. The van der Waals surface area contributed by atoms with E-state index in [1.165, 1.54) is 0 Å². The van der Waals surface area contributed by atoms with Crippen LogP contribution in [0.3, 0.4) is 0 Å². The first kappa shape index (κ1) is 21.8. The van der Waals surface area contributed by atoms with Crippen LogP contribution in [-0.2, 0) is 9.59 Å². The molecule has 0 aromatic heterocycles. The second-order valence-electron chi connectivity index (χ2n) is 5.39. The topological polar surface area (TPSA) is 117 Å². The molecule has 0 aromatic carbocycles. The van der Waals surface area contributed by atoms with Crippen LogP contribution in [0.15, 0.2) is 0 Å². The van der Waals surface area contributed by atoms with Gasteiger partial charge in [0, 0.05) is 78.8 Å². The standard InChI is InChI=1S/C15H34N6O2/c1-3-19-15(23)5-9-21(11-7-17)13-12-20(10-6-16)8-4-14(22)18-2/h3-13,16-17H2,1-2H3,(H,18,22)(H,19,23). The lowest BCUT2D eigenvalue weighted by Crippen LogP contribution is -2.41. The third-order valence-corrected chi connectivity index (χ3v) is 3.59. The molecule has 8 nitrogen and oxygen atoms in total. The van der Waals surface area contributed by atoms with Crippen molar-refractivity contribution in [3.05, 3.63) is 0 Å². The van der Waals surface area contributed by atoms with Crippen molar-refractivity contribution in [2.75, 3.05) is 66.0 Å². The van der Waals surface area contributed by atoms with Gasteiger partial charge in [-0.1, -0.05) is 0 Å². The quantitative estimate of drug-likeness (QED) is 0.298. The van der Waals surface area contributed by atoms with Gasteiger partial charge in [-0.2, -0.15) is 0 Å². The fraction of sp³-hybridized carbons (Fsp3) is 0.867. The van der Waals surface area contributed by atoms with E-state index >= 15 is 0 Å². The molecule has 0 fully saturated rings. The minimum absolute atomic E-state index is 0.0297. The molecule has 0 aliphatic rings. The molecule has 23 heavy (non-hydrogen) atoms. The summed E-state index contributed by atoms with van der Waals surface area (Å²) in [5.74, 6) is 0.0926. The Kier molecular flexibility index (Phi) is 13.6. The van der Waals surface area contributed by atoms with E-state index in [1.807, 2.05) is 6.92 Å². The molecule has 136 valence electrons. The van der Waals surface area contributed by atoms with Crippen LogP contribution >= 0.6 is 0 Å². The lowest BCUT2D eigenvalue weighted by atomic mass is 10.3. The highest BCUT2D eigenvalue weighted by Gasteiger charge is 2.11. The van der Waals surface area contributed by atoms with E-state index in [4.69, 9.17) is 11.5 Å². The van der Waals surface area contributed by atoms with Crippen LogP contribution in [0.4, 0.5) is 0 Å². The number of hydrogen-bond donors (Lipinski definition) is 4. The fourth-order valence-electron chi connectivity index (χ4n) is 2.25. The van der Waals surface area contributed by atoms with Crippen LogP contribution in [0, 0.1) is 0 Å². The fourth-order valence-corrected chi connectivity index (χ4v) is 2.25. The lowest BCUT2D eigenvalue weighted by molar-refractivity contribution is -0.122. The molecule has 0 aromatic rings. The van der Waals surface area contributed by atoms with E-state index in [1.54, 1.807) is 7.05 Å². The third kappa shape index (κ3) is 11.9. The van der Waals surface area contributed by atoms with Gasteiger partial charge in [-0.3, -0.25) is 9.59 Å². The minimum Gasteiger partial charge on any atom is -0.359 e. The number of rotatable bonds is 14. The Bertz CT molecular complexity index is 327. The first-order valence-corrected chi connectivity index (χ1v) is 8.39. The highest BCUT2D eigenvalue weighted by atomic mass is 16.2. The average molecular weight is 330 g/mol. The Morgan fingerprint density at radius 1 is 0.826 bits per heavy atom. The van der Waals surface area contributed by atoms with E-state index in [-0.39, 0.29) is 11.8 Å². The van der Waals surface area contributed by atoms with Gasteiger partial charge in [0.15, 0.2) is 0 Å². The Morgan fingerprint density at radius 3 is 1.70 bits per heavy atom. The zero-order chi connectivity index (χ0) is 17.5. The van der Waals surface area contributed by atoms with Crippen molar-refractivity contribution in [3.8, 4) is 0 Å². The number of amides is 2. The van der Waals surface area contributed by atoms with Gasteiger partial charge in [0.1, 0.15) is 0 Å². The first-order chi connectivity index (χ1) is 11.1. The molecule has 0 aliphatic heterocycles. The number of hydrogen-bond acceptors (Lipinski definition) is 6. The van der Waals surface area contributed by atoms with Gasteiger partial charge in [0.2, 0.25) is 11.8 Å². The predicted molar refractivity (Wildman–Crippen MR) is 93.0 cm³/mol. The summed E-state index contributed by atoms with van der Waals surface area (Å²) in [6.07, 6.45) is 0.940. The molecule has 0 aliphatic carbocycles. The van der Waals surface area contributed by atoms with Gasteiger partial charge in [0.05, 0.1) is 0 Å². The van der Waals surface area contributed by atoms with Crippen molar-refractivity contribution >= 4 is 11.8 Å². The highest BCUT2D eigenvalue weighted by molar-refractivity contribution is 5.76. The molecule has 0 rings (SSSR count).